The molecule has 0 fully saturated rings. The summed E-state index contributed by atoms with van der Waals surface area (Å²) < 4.78 is 22.5. The van der Waals surface area contributed by atoms with E-state index in [4.69, 9.17) is 18.9 Å². The van der Waals surface area contributed by atoms with Crippen molar-refractivity contribution >= 4 is 41.2 Å². The van der Waals surface area contributed by atoms with Crippen LogP contribution in [0.15, 0.2) is 0 Å². The van der Waals surface area contributed by atoms with Gasteiger partial charge in [0, 0.05) is 37.9 Å². The molecule has 0 N–H and O–H groups in total. The van der Waals surface area contributed by atoms with Gasteiger partial charge in [0.25, 0.3) is 0 Å². The molecule has 0 aromatic carbocycles. The summed E-state index contributed by atoms with van der Waals surface area (Å²) in [4.78, 5) is 0. The third kappa shape index (κ3) is 34.1. The van der Waals surface area contributed by atoms with Crippen LogP contribution in [-0.2, 0) is 18.9 Å². The van der Waals surface area contributed by atoms with Crippen LogP contribution in [0.3, 0.4) is 0 Å². The SMILES string of the molecule is CCOC(CCCCCCCCCCCCSSSSCCCCCCCCCCCCC(OCC)OCC)OCC. The average Bonchev–Trinajstić information content (AvgIpc) is 2.99. The van der Waals surface area contributed by atoms with Crippen LogP contribution in [0, 0.1) is 0 Å². The van der Waals surface area contributed by atoms with E-state index in [0.717, 1.165) is 39.3 Å². The lowest BCUT2D eigenvalue weighted by molar-refractivity contribution is -0.140. The smallest absolute Gasteiger partial charge is 0.157 e. The van der Waals surface area contributed by atoms with Crippen molar-refractivity contribution in [2.45, 2.75) is 182 Å². The van der Waals surface area contributed by atoms with Crippen molar-refractivity contribution < 1.29 is 18.9 Å². The van der Waals surface area contributed by atoms with Crippen molar-refractivity contribution in [2.75, 3.05) is 37.9 Å². The fraction of sp³-hybridized carbons (Fsp3) is 1.00. The molecule has 0 spiro atoms. The number of rotatable bonds is 37. The van der Waals surface area contributed by atoms with Crippen molar-refractivity contribution in [1.29, 1.82) is 0 Å². The molecule has 0 saturated carbocycles. The molecule has 0 heterocycles. The van der Waals surface area contributed by atoms with Crippen LogP contribution in [0.2, 0.25) is 0 Å². The zero-order chi connectivity index (χ0) is 30.6. The summed E-state index contributed by atoms with van der Waals surface area (Å²) in [5.74, 6) is 2.62. The zero-order valence-corrected chi connectivity index (χ0v) is 31.5. The predicted octanol–water partition coefficient (Wildman–Crippen LogP) is 13.0. The Labute approximate surface area is 278 Å². The topological polar surface area (TPSA) is 36.9 Å². The Kier molecular flexibility index (Phi) is 39.6. The maximum atomic E-state index is 5.62. The highest BCUT2D eigenvalue weighted by atomic mass is 33.7. The van der Waals surface area contributed by atoms with Gasteiger partial charge >= 0.3 is 0 Å². The summed E-state index contributed by atoms with van der Waals surface area (Å²) in [6, 6.07) is 0. The molecule has 4 nitrogen and oxygen atoms in total. The van der Waals surface area contributed by atoms with E-state index in [-0.39, 0.29) is 12.6 Å². The predicted molar refractivity (Wildman–Crippen MR) is 196 cm³/mol. The maximum Gasteiger partial charge on any atom is 0.157 e. The number of unbranched alkanes of at least 4 members (excludes halogenated alkanes) is 18. The first-order valence-corrected chi connectivity index (χ1v) is 23.0. The van der Waals surface area contributed by atoms with Crippen LogP contribution < -0.4 is 0 Å². The summed E-state index contributed by atoms with van der Waals surface area (Å²) in [6.45, 7) is 11.2. The van der Waals surface area contributed by atoms with E-state index in [1.54, 1.807) is 0 Å². The van der Waals surface area contributed by atoms with Crippen LogP contribution in [0.1, 0.15) is 169 Å². The summed E-state index contributed by atoms with van der Waals surface area (Å²) in [6.07, 6.45) is 29.6. The summed E-state index contributed by atoms with van der Waals surface area (Å²) in [5, 5.41) is 0. The van der Waals surface area contributed by atoms with E-state index in [2.05, 4.69) is 21.6 Å². The summed E-state index contributed by atoms with van der Waals surface area (Å²) >= 11 is 0. The van der Waals surface area contributed by atoms with E-state index >= 15 is 0 Å². The second kappa shape index (κ2) is 38.4. The Balaban J connectivity index is 3.17. The van der Waals surface area contributed by atoms with Gasteiger partial charge < -0.3 is 18.9 Å². The second-order valence-corrected chi connectivity index (χ2v) is 17.3. The third-order valence-electron chi connectivity index (χ3n) is 7.37. The Morgan fingerprint density at radius 1 is 0.333 bits per heavy atom. The highest BCUT2D eigenvalue weighted by molar-refractivity contribution is 9.26. The van der Waals surface area contributed by atoms with Gasteiger partial charge in [0.1, 0.15) is 0 Å². The molecular weight excluding hydrogens is 601 g/mol. The normalized spacial score (nSPS) is 11.9. The van der Waals surface area contributed by atoms with Crippen molar-refractivity contribution in [3.63, 3.8) is 0 Å². The van der Waals surface area contributed by atoms with Crippen LogP contribution in [0.25, 0.3) is 0 Å². The molecule has 0 unspecified atom stereocenters. The molecule has 254 valence electrons. The van der Waals surface area contributed by atoms with Gasteiger partial charge in [-0.15, -0.1) is 0 Å². The van der Waals surface area contributed by atoms with Gasteiger partial charge in [0.15, 0.2) is 12.6 Å². The maximum absolute atomic E-state index is 5.62. The van der Waals surface area contributed by atoms with Gasteiger partial charge in [-0.3, -0.25) is 0 Å². The van der Waals surface area contributed by atoms with Crippen molar-refractivity contribution in [2.24, 2.45) is 0 Å². The highest BCUT2D eigenvalue weighted by Gasteiger charge is 2.07. The molecule has 0 aliphatic rings. The highest BCUT2D eigenvalue weighted by Crippen LogP contribution is 2.43. The van der Waals surface area contributed by atoms with Crippen LogP contribution >= 0.6 is 41.2 Å². The van der Waals surface area contributed by atoms with Gasteiger partial charge in [-0.1, -0.05) is 124 Å². The lowest BCUT2D eigenvalue weighted by Gasteiger charge is -2.16. The minimum absolute atomic E-state index is 0.0161. The van der Waals surface area contributed by atoms with Gasteiger partial charge in [-0.25, -0.2) is 0 Å². The first-order chi connectivity index (χ1) is 20.8. The van der Waals surface area contributed by atoms with Crippen LogP contribution in [-0.4, -0.2) is 50.5 Å². The molecule has 0 aliphatic heterocycles. The minimum Gasteiger partial charge on any atom is -0.353 e. The van der Waals surface area contributed by atoms with Gasteiger partial charge in [0.2, 0.25) is 0 Å². The molecule has 0 bridgehead atoms. The first-order valence-electron chi connectivity index (χ1n) is 17.8. The lowest BCUT2D eigenvalue weighted by atomic mass is 10.1. The number of hydrogen-bond acceptors (Lipinski definition) is 8. The molecule has 0 aromatic rings. The molecule has 0 amide bonds. The van der Waals surface area contributed by atoms with E-state index in [1.165, 1.54) is 140 Å². The van der Waals surface area contributed by atoms with E-state index in [0.29, 0.717) is 0 Å². The van der Waals surface area contributed by atoms with Crippen molar-refractivity contribution in [3.8, 4) is 0 Å². The second-order valence-electron chi connectivity index (χ2n) is 11.1. The fourth-order valence-corrected chi connectivity index (χ4v) is 11.3. The van der Waals surface area contributed by atoms with Gasteiger partial charge in [-0.2, -0.15) is 0 Å². The Hall–Kier alpha value is 1.24. The minimum atomic E-state index is 0.0161. The molecule has 0 radical (unpaired) electrons. The molecule has 42 heavy (non-hydrogen) atoms. The lowest BCUT2D eigenvalue weighted by Crippen LogP contribution is -2.17. The zero-order valence-electron chi connectivity index (χ0n) is 28.2. The third-order valence-corrected chi connectivity index (χ3v) is 14.0. The van der Waals surface area contributed by atoms with Crippen LogP contribution in [0.5, 0.6) is 0 Å². The van der Waals surface area contributed by atoms with Crippen molar-refractivity contribution in [1.82, 2.24) is 0 Å². The Bertz CT molecular complexity index is 436. The summed E-state index contributed by atoms with van der Waals surface area (Å²) in [5.41, 5.74) is 0. The molecule has 0 aromatic heterocycles. The quantitative estimate of drug-likeness (QED) is 0.0367. The van der Waals surface area contributed by atoms with Gasteiger partial charge in [-0.05, 0) is 85.9 Å². The number of ether oxygens (including phenoxy) is 4. The van der Waals surface area contributed by atoms with E-state index < -0.39 is 0 Å². The Morgan fingerprint density at radius 2 is 0.571 bits per heavy atom. The van der Waals surface area contributed by atoms with Gasteiger partial charge in [0.05, 0.1) is 0 Å². The van der Waals surface area contributed by atoms with E-state index in [9.17, 15) is 0 Å². The molecule has 0 saturated heterocycles. The monoisotopic (exact) mass is 670 g/mol. The average molecular weight is 671 g/mol. The molecule has 8 heteroatoms. The standard InChI is InChI=1S/C34H70O4S4/c1-5-35-33(36-6-2)29-25-21-17-13-9-11-15-19-23-27-31-39-41-42-40-32-28-24-20-16-12-10-14-18-22-26-30-34(37-7-3)38-8-4/h33-34H,5-32H2,1-4H3. The molecule has 0 atom stereocenters. The molecule has 0 rings (SSSR count). The largest absolute Gasteiger partial charge is 0.353 e. The molecule has 0 aliphatic carbocycles. The first kappa shape index (κ1) is 43.2. The summed E-state index contributed by atoms with van der Waals surface area (Å²) in [7, 11) is 8.11. The van der Waals surface area contributed by atoms with Crippen LogP contribution in [0.4, 0.5) is 0 Å². The fourth-order valence-electron chi connectivity index (χ4n) is 5.05. The number of hydrogen-bond donors (Lipinski definition) is 0. The Morgan fingerprint density at radius 3 is 0.833 bits per heavy atom. The van der Waals surface area contributed by atoms with E-state index in [1.807, 2.05) is 47.3 Å². The van der Waals surface area contributed by atoms with Crippen molar-refractivity contribution in [3.05, 3.63) is 0 Å². The molecular formula is C34H70O4S4.